The van der Waals surface area contributed by atoms with Crippen LogP contribution in [0.2, 0.25) is 0 Å². The van der Waals surface area contributed by atoms with Gasteiger partial charge in [-0.05, 0) is 51.3 Å². The topological polar surface area (TPSA) is 144 Å². The summed E-state index contributed by atoms with van der Waals surface area (Å²) in [6.45, 7) is 9.07. The van der Waals surface area contributed by atoms with Gasteiger partial charge in [0.25, 0.3) is 0 Å². The SMILES string of the molecule is CCC(CC)OC(=N)/N=C(\N)c1ccc(-c2cnc(OCC(C)(C)C(=O)O)cc2C)nc1. The molecule has 0 aromatic carbocycles. The second-order valence-corrected chi connectivity index (χ2v) is 8.11. The molecule has 0 saturated carbocycles. The smallest absolute Gasteiger partial charge is 0.312 e. The molecule has 2 heterocycles. The summed E-state index contributed by atoms with van der Waals surface area (Å²) >= 11 is 0. The van der Waals surface area contributed by atoms with Gasteiger partial charge in [0, 0.05) is 29.6 Å². The number of hydrogen-bond donors (Lipinski definition) is 3. The van der Waals surface area contributed by atoms with Crippen molar-refractivity contribution in [2.24, 2.45) is 16.1 Å². The molecule has 9 nitrogen and oxygen atoms in total. The number of carboxylic acids is 1. The first kappa shape index (κ1) is 24.8. The molecule has 0 unspecified atom stereocenters. The van der Waals surface area contributed by atoms with Crippen LogP contribution in [0.4, 0.5) is 0 Å². The summed E-state index contributed by atoms with van der Waals surface area (Å²) in [6, 6.07) is 5.09. The fourth-order valence-electron chi connectivity index (χ4n) is 2.71. The van der Waals surface area contributed by atoms with Crippen molar-refractivity contribution in [3.05, 3.63) is 41.7 Å². The molecule has 32 heavy (non-hydrogen) atoms. The van der Waals surface area contributed by atoms with Crippen LogP contribution in [0.15, 0.2) is 35.6 Å². The van der Waals surface area contributed by atoms with Gasteiger partial charge in [0.05, 0.1) is 11.1 Å². The highest BCUT2D eigenvalue weighted by Gasteiger charge is 2.28. The van der Waals surface area contributed by atoms with E-state index in [0.29, 0.717) is 17.1 Å². The number of ether oxygens (including phenoxy) is 2. The Labute approximate surface area is 188 Å². The Morgan fingerprint density at radius 2 is 1.94 bits per heavy atom. The predicted octanol–water partition coefficient (Wildman–Crippen LogP) is 3.79. The zero-order chi connectivity index (χ0) is 23.9. The van der Waals surface area contributed by atoms with Crippen LogP contribution in [0.1, 0.15) is 51.7 Å². The van der Waals surface area contributed by atoms with Gasteiger partial charge in [0.15, 0.2) is 0 Å². The second kappa shape index (κ2) is 10.7. The first-order valence-electron chi connectivity index (χ1n) is 10.5. The van der Waals surface area contributed by atoms with E-state index < -0.39 is 11.4 Å². The van der Waals surface area contributed by atoms with Crippen molar-refractivity contribution < 1.29 is 19.4 Å². The first-order valence-corrected chi connectivity index (χ1v) is 10.5. The van der Waals surface area contributed by atoms with Gasteiger partial charge in [-0.15, -0.1) is 0 Å². The number of nitrogens with one attached hydrogen (secondary N) is 1. The van der Waals surface area contributed by atoms with E-state index in [-0.39, 0.29) is 24.6 Å². The summed E-state index contributed by atoms with van der Waals surface area (Å²) in [4.78, 5) is 23.9. The van der Waals surface area contributed by atoms with E-state index in [1.807, 2.05) is 20.8 Å². The maximum absolute atomic E-state index is 11.2. The van der Waals surface area contributed by atoms with Gasteiger partial charge in [0.1, 0.15) is 18.5 Å². The summed E-state index contributed by atoms with van der Waals surface area (Å²) in [5, 5.41) is 17.1. The van der Waals surface area contributed by atoms with Gasteiger partial charge in [-0.3, -0.25) is 9.78 Å². The van der Waals surface area contributed by atoms with Crippen molar-refractivity contribution in [2.75, 3.05) is 6.61 Å². The molecule has 0 amide bonds. The van der Waals surface area contributed by atoms with Gasteiger partial charge in [0.2, 0.25) is 5.88 Å². The number of carbonyl (C=O) groups is 1. The molecule has 0 aliphatic carbocycles. The number of carboxylic acid groups (broad SMARTS) is 1. The summed E-state index contributed by atoms with van der Waals surface area (Å²) in [6.07, 6.45) is 4.74. The highest BCUT2D eigenvalue weighted by molar-refractivity contribution is 6.03. The maximum atomic E-state index is 11.2. The molecule has 9 heteroatoms. The van der Waals surface area contributed by atoms with Crippen LogP contribution >= 0.6 is 0 Å². The van der Waals surface area contributed by atoms with E-state index in [1.54, 1.807) is 44.4 Å². The average molecular weight is 442 g/mol. The highest BCUT2D eigenvalue weighted by Crippen LogP contribution is 2.25. The number of aliphatic imine (C=N–C) groups is 1. The van der Waals surface area contributed by atoms with E-state index in [0.717, 1.165) is 24.0 Å². The van der Waals surface area contributed by atoms with Gasteiger partial charge < -0.3 is 20.3 Å². The molecular weight excluding hydrogens is 410 g/mol. The molecule has 0 spiro atoms. The third kappa shape index (κ3) is 6.50. The lowest BCUT2D eigenvalue weighted by atomic mass is 9.95. The quantitative estimate of drug-likeness (QED) is 0.397. The van der Waals surface area contributed by atoms with Crippen LogP contribution in [0.3, 0.4) is 0 Å². The maximum Gasteiger partial charge on any atom is 0.312 e. The van der Waals surface area contributed by atoms with E-state index in [1.165, 1.54) is 0 Å². The lowest BCUT2D eigenvalue weighted by Gasteiger charge is -2.19. The first-order chi connectivity index (χ1) is 15.1. The van der Waals surface area contributed by atoms with Gasteiger partial charge in [-0.2, -0.15) is 4.99 Å². The standard InChI is InChI=1S/C23H31N5O4/c1-6-16(7-2)32-22(25)28-20(24)15-8-9-18(26-11-15)17-12-27-19(10-14(17)3)31-13-23(4,5)21(29)30/h8-12,16H,6-7,13H2,1-5H3,(H,29,30)(H3,24,25,28). The number of nitrogens with zero attached hydrogens (tertiary/aromatic N) is 3. The molecule has 0 radical (unpaired) electrons. The Morgan fingerprint density at radius 3 is 2.47 bits per heavy atom. The summed E-state index contributed by atoms with van der Waals surface area (Å²) in [5.74, 6) is -0.431. The fourth-order valence-corrected chi connectivity index (χ4v) is 2.71. The van der Waals surface area contributed by atoms with E-state index in [4.69, 9.17) is 20.6 Å². The van der Waals surface area contributed by atoms with Crippen LogP contribution in [0.5, 0.6) is 5.88 Å². The van der Waals surface area contributed by atoms with Gasteiger partial charge in [-0.25, -0.2) is 10.4 Å². The van der Waals surface area contributed by atoms with E-state index in [9.17, 15) is 9.90 Å². The van der Waals surface area contributed by atoms with Crippen LogP contribution in [0.25, 0.3) is 11.3 Å². The van der Waals surface area contributed by atoms with Crippen molar-refractivity contribution in [1.29, 1.82) is 5.41 Å². The van der Waals surface area contributed by atoms with Crippen molar-refractivity contribution in [1.82, 2.24) is 9.97 Å². The van der Waals surface area contributed by atoms with Crippen LogP contribution in [-0.2, 0) is 9.53 Å². The molecule has 2 aromatic heterocycles. The number of rotatable bonds is 9. The monoisotopic (exact) mass is 441 g/mol. The minimum Gasteiger partial charge on any atom is -0.481 e. The van der Waals surface area contributed by atoms with E-state index in [2.05, 4.69) is 15.0 Å². The van der Waals surface area contributed by atoms with Crippen molar-refractivity contribution >= 4 is 17.8 Å². The Morgan fingerprint density at radius 1 is 1.25 bits per heavy atom. The molecule has 0 bridgehead atoms. The number of aromatic nitrogens is 2. The minimum atomic E-state index is -1.01. The molecule has 0 aliphatic heterocycles. The number of aryl methyl sites for hydroxylation is 1. The summed E-state index contributed by atoms with van der Waals surface area (Å²) in [5.41, 5.74) is 7.94. The molecule has 0 fully saturated rings. The number of aliphatic carboxylic acids is 1. The summed E-state index contributed by atoms with van der Waals surface area (Å²) < 4.78 is 11.0. The largest absolute Gasteiger partial charge is 0.481 e. The van der Waals surface area contributed by atoms with Crippen LogP contribution in [-0.4, -0.2) is 45.6 Å². The number of amidine groups is 2. The highest BCUT2D eigenvalue weighted by atomic mass is 16.5. The number of pyridine rings is 2. The third-order valence-electron chi connectivity index (χ3n) is 4.99. The normalized spacial score (nSPS) is 12.0. The van der Waals surface area contributed by atoms with Crippen molar-refractivity contribution in [2.45, 2.75) is 53.6 Å². The van der Waals surface area contributed by atoms with Crippen molar-refractivity contribution in [3.63, 3.8) is 0 Å². The Balaban J connectivity index is 2.11. The molecule has 0 atom stereocenters. The van der Waals surface area contributed by atoms with Crippen molar-refractivity contribution in [3.8, 4) is 17.1 Å². The van der Waals surface area contributed by atoms with Gasteiger partial charge >= 0.3 is 12.0 Å². The molecule has 2 rings (SSSR count). The molecule has 4 N–H and O–H groups in total. The Kier molecular flexibility index (Phi) is 8.28. The zero-order valence-electron chi connectivity index (χ0n) is 19.2. The predicted molar refractivity (Wildman–Crippen MR) is 123 cm³/mol. The summed E-state index contributed by atoms with van der Waals surface area (Å²) in [7, 11) is 0. The molecule has 0 aliphatic rings. The van der Waals surface area contributed by atoms with Crippen LogP contribution in [0, 0.1) is 17.7 Å². The van der Waals surface area contributed by atoms with E-state index >= 15 is 0 Å². The van der Waals surface area contributed by atoms with Crippen LogP contribution < -0.4 is 10.5 Å². The number of nitrogens with two attached hydrogens (primary N) is 1. The molecule has 2 aromatic rings. The molecule has 0 saturated heterocycles. The lowest BCUT2D eigenvalue weighted by molar-refractivity contribution is -0.148. The second-order valence-electron chi connectivity index (χ2n) is 8.11. The third-order valence-corrected chi connectivity index (χ3v) is 4.99. The minimum absolute atomic E-state index is 0.00958. The number of hydrogen-bond acceptors (Lipinski definition) is 6. The van der Waals surface area contributed by atoms with Gasteiger partial charge in [-0.1, -0.05) is 13.8 Å². The zero-order valence-corrected chi connectivity index (χ0v) is 19.2. The Hall–Kier alpha value is -3.49. The molecule has 172 valence electrons. The average Bonchev–Trinajstić information content (AvgIpc) is 2.76. The fraction of sp³-hybridized carbons (Fsp3) is 0.435. The molecular formula is C23H31N5O4. The lowest BCUT2D eigenvalue weighted by Crippen LogP contribution is -2.30. The Bertz CT molecular complexity index is 982.